The van der Waals surface area contributed by atoms with Crippen LogP contribution in [0.4, 0.5) is 0 Å². The summed E-state index contributed by atoms with van der Waals surface area (Å²) in [7, 11) is 0. The molecule has 0 amide bonds. The number of hydrogen-bond donors (Lipinski definition) is 0. The molecular formula is C14H20O2. The van der Waals surface area contributed by atoms with Crippen molar-refractivity contribution < 1.29 is 9.47 Å². The summed E-state index contributed by atoms with van der Waals surface area (Å²) in [5.74, 6) is 1.52. The molecule has 1 heterocycles. The molecule has 1 saturated heterocycles. The first-order chi connectivity index (χ1) is 7.75. The van der Waals surface area contributed by atoms with Crippen LogP contribution in [0.25, 0.3) is 0 Å². The van der Waals surface area contributed by atoms with Crippen LogP contribution in [0.3, 0.4) is 0 Å². The van der Waals surface area contributed by atoms with Gasteiger partial charge in [-0.05, 0) is 36.5 Å². The van der Waals surface area contributed by atoms with Crippen molar-refractivity contribution in [1.29, 1.82) is 0 Å². The second-order valence-corrected chi connectivity index (χ2v) is 4.67. The second-order valence-electron chi connectivity index (χ2n) is 4.67. The summed E-state index contributed by atoms with van der Waals surface area (Å²) in [4.78, 5) is 0. The molecule has 1 aliphatic heterocycles. The molecule has 2 heteroatoms. The average Bonchev–Trinajstić information content (AvgIpc) is 2.80. The molecule has 1 aromatic rings. The molecule has 0 aromatic heterocycles. The van der Waals surface area contributed by atoms with Crippen molar-refractivity contribution in [2.45, 2.75) is 38.7 Å². The number of benzene rings is 1. The number of rotatable bonds is 4. The minimum absolute atomic E-state index is 0.296. The highest BCUT2D eigenvalue weighted by Crippen LogP contribution is 2.20. The molecular weight excluding hydrogens is 200 g/mol. The van der Waals surface area contributed by atoms with Crippen LogP contribution < -0.4 is 4.74 Å². The summed E-state index contributed by atoms with van der Waals surface area (Å²) < 4.78 is 11.2. The normalized spacial score (nSPS) is 20.3. The highest BCUT2D eigenvalue weighted by Gasteiger charge is 2.15. The van der Waals surface area contributed by atoms with E-state index in [4.69, 9.17) is 9.47 Å². The topological polar surface area (TPSA) is 18.5 Å². The van der Waals surface area contributed by atoms with E-state index in [-0.39, 0.29) is 0 Å². The van der Waals surface area contributed by atoms with E-state index in [1.165, 1.54) is 12.0 Å². The van der Waals surface area contributed by atoms with E-state index in [9.17, 15) is 0 Å². The first-order valence-electron chi connectivity index (χ1n) is 6.10. The molecule has 0 N–H and O–H groups in total. The van der Waals surface area contributed by atoms with Crippen LogP contribution in [-0.2, 0) is 4.74 Å². The van der Waals surface area contributed by atoms with Crippen molar-refractivity contribution in [3.05, 3.63) is 29.8 Å². The lowest BCUT2D eigenvalue weighted by molar-refractivity contribution is 0.0679. The van der Waals surface area contributed by atoms with Crippen molar-refractivity contribution in [3.63, 3.8) is 0 Å². The maximum absolute atomic E-state index is 5.70. The second kappa shape index (κ2) is 5.35. The standard InChI is InChI=1S/C14H20O2/c1-11(2)12-5-7-13(8-6-12)16-10-14-4-3-9-15-14/h5-8,11,14H,3-4,9-10H2,1-2H3/t14-/m1/s1. The Hall–Kier alpha value is -1.02. The highest BCUT2D eigenvalue weighted by atomic mass is 16.5. The molecule has 16 heavy (non-hydrogen) atoms. The zero-order valence-corrected chi connectivity index (χ0v) is 10.1. The van der Waals surface area contributed by atoms with E-state index in [1.807, 2.05) is 12.1 Å². The van der Waals surface area contributed by atoms with Gasteiger partial charge in [-0.25, -0.2) is 0 Å². The zero-order chi connectivity index (χ0) is 11.4. The first-order valence-corrected chi connectivity index (χ1v) is 6.10. The van der Waals surface area contributed by atoms with E-state index < -0.39 is 0 Å². The van der Waals surface area contributed by atoms with Crippen molar-refractivity contribution in [1.82, 2.24) is 0 Å². The van der Waals surface area contributed by atoms with Crippen LogP contribution in [0.1, 0.15) is 38.2 Å². The van der Waals surface area contributed by atoms with Gasteiger partial charge in [-0.2, -0.15) is 0 Å². The molecule has 1 aliphatic rings. The van der Waals surface area contributed by atoms with Crippen LogP contribution in [-0.4, -0.2) is 19.3 Å². The van der Waals surface area contributed by atoms with Crippen LogP contribution in [0.2, 0.25) is 0 Å². The molecule has 0 radical (unpaired) electrons. The first kappa shape index (κ1) is 11.5. The fraction of sp³-hybridized carbons (Fsp3) is 0.571. The minimum atomic E-state index is 0.296. The van der Waals surface area contributed by atoms with E-state index in [2.05, 4.69) is 26.0 Å². The van der Waals surface area contributed by atoms with Gasteiger partial charge in [0.2, 0.25) is 0 Å². The van der Waals surface area contributed by atoms with Crippen LogP contribution in [0.5, 0.6) is 5.75 Å². The largest absolute Gasteiger partial charge is 0.491 e. The Bertz CT molecular complexity index is 310. The lowest BCUT2D eigenvalue weighted by atomic mass is 10.0. The summed E-state index contributed by atoms with van der Waals surface area (Å²) >= 11 is 0. The van der Waals surface area contributed by atoms with Gasteiger partial charge < -0.3 is 9.47 Å². The summed E-state index contributed by atoms with van der Waals surface area (Å²) in [6.45, 7) is 5.96. The molecule has 0 saturated carbocycles. The Morgan fingerprint density at radius 1 is 1.31 bits per heavy atom. The van der Waals surface area contributed by atoms with E-state index in [0.717, 1.165) is 18.8 Å². The molecule has 88 valence electrons. The lowest BCUT2D eigenvalue weighted by Crippen LogP contribution is -2.16. The van der Waals surface area contributed by atoms with Gasteiger partial charge in [0.05, 0.1) is 6.10 Å². The summed E-state index contributed by atoms with van der Waals surface area (Å²) in [6.07, 6.45) is 2.59. The van der Waals surface area contributed by atoms with Crippen molar-refractivity contribution >= 4 is 0 Å². The van der Waals surface area contributed by atoms with Gasteiger partial charge in [0.15, 0.2) is 0 Å². The van der Waals surface area contributed by atoms with Gasteiger partial charge in [-0.15, -0.1) is 0 Å². The Morgan fingerprint density at radius 3 is 2.62 bits per heavy atom. The average molecular weight is 220 g/mol. The molecule has 0 aliphatic carbocycles. The molecule has 0 bridgehead atoms. The lowest BCUT2D eigenvalue weighted by Gasteiger charge is -2.12. The summed E-state index contributed by atoms with van der Waals surface area (Å²) in [6, 6.07) is 8.36. The fourth-order valence-corrected chi connectivity index (χ4v) is 1.91. The number of hydrogen-bond acceptors (Lipinski definition) is 2. The Labute approximate surface area is 97.6 Å². The highest BCUT2D eigenvalue weighted by molar-refractivity contribution is 5.28. The van der Waals surface area contributed by atoms with Crippen molar-refractivity contribution in [3.8, 4) is 5.75 Å². The molecule has 2 nitrogen and oxygen atoms in total. The molecule has 1 fully saturated rings. The van der Waals surface area contributed by atoms with E-state index >= 15 is 0 Å². The zero-order valence-electron chi connectivity index (χ0n) is 10.1. The van der Waals surface area contributed by atoms with Gasteiger partial charge in [0.1, 0.15) is 12.4 Å². The minimum Gasteiger partial charge on any atom is -0.491 e. The smallest absolute Gasteiger partial charge is 0.119 e. The van der Waals surface area contributed by atoms with E-state index in [1.54, 1.807) is 0 Å². The summed E-state index contributed by atoms with van der Waals surface area (Å²) in [5, 5.41) is 0. The number of ether oxygens (including phenoxy) is 2. The maximum atomic E-state index is 5.70. The predicted molar refractivity (Wildman–Crippen MR) is 65.0 cm³/mol. The summed E-state index contributed by atoms with van der Waals surface area (Å²) in [5.41, 5.74) is 1.35. The third-order valence-electron chi connectivity index (χ3n) is 3.01. The third-order valence-corrected chi connectivity index (χ3v) is 3.01. The van der Waals surface area contributed by atoms with Gasteiger partial charge in [0, 0.05) is 6.61 Å². The third kappa shape index (κ3) is 2.99. The van der Waals surface area contributed by atoms with Gasteiger partial charge >= 0.3 is 0 Å². The Kier molecular flexibility index (Phi) is 3.83. The van der Waals surface area contributed by atoms with Crippen LogP contribution in [0.15, 0.2) is 24.3 Å². The quantitative estimate of drug-likeness (QED) is 0.774. The molecule has 0 unspecified atom stereocenters. The Balaban J connectivity index is 1.84. The molecule has 1 aromatic carbocycles. The van der Waals surface area contributed by atoms with Crippen LogP contribution in [0, 0.1) is 0 Å². The van der Waals surface area contributed by atoms with E-state index in [0.29, 0.717) is 18.6 Å². The Morgan fingerprint density at radius 2 is 2.06 bits per heavy atom. The molecule has 1 atom stereocenters. The molecule has 2 rings (SSSR count). The predicted octanol–water partition coefficient (Wildman–Crippen LogP) is 3.37. The van der Waals surface area contributed by atoms with Crippen LogP contribution >= 0.6 is 0 Å². The SMILES string of the molecule is CC(C)c1ccc(OC[C@H]2CCCO2)cc1. The fourth-order valence-electron chi connectivity index (χ4n) is 1.91. The van der Waals surface area contributed by atoms with Crippen molar-refractivity contribution in [2.75, 3.05) is 13.2 Å². The monoisotopic (exact) mass is 220 g/mol. The van der Waals surface area contributed by atoms with Crippen molar-refractivity contribution in [2.24, 2.45) is 0 Å². The molecule has 0 spiro atoms. The van der Waals surface area contributed by atoms with Gasteiger partial charge in [-0.3, -0.25) is 0 Å². The maximum Gasteiger partial charge on any atom is 0.119 e. The van der Waals surface area contributed by atoms with Gasteiger partial charge in [0.25, 0.3) is 0 Å². The van der Waals surface area contributed by atoms with Gasteiger partial charge in [-0.1, -0.05) is 26.0 Å².